The quantitative estimate of drug-likeness (QED) is 0.746. The predicted octanol–water partition coefficient (Wildman–Crippen LogP) is 2.06. The predicted molar refractivity (Wildman–Crippen MR) is 68.0 cm³/mol. The maximum atomic E-state index is 11.3. The molecule has 2 N–H and O–H groups in total. The standard InChI is InChI=1S/C13H20N2O/c1-3-8-15(9-7-14)13-6-4-5-12(10-13)11(2)16/h4-6,10H,3,7-9,14H2,1-2H3. The summed E-state index contributed by atoms with van der Waals surface area (Å²) >= 11 is 0. The van der Waals surface area contributed by atoms with Gasteiger partial charge in [0.15, 0.2) is 5.78 Å². The zero-order valence-corrected chi connectivity index (χ0v) is 10.1. The van der Waals surface area contributed by atoms with Gasteiger partial charge in [-0.25, -0.2) is 0 Å². The Bertz CT molecular complexity index is 344. The van der Waals surface area contributed by atoms with Crippen LogP contribution in [0.5, 0.6) is 0 Å². The number of nitrogens with zero attached hydrogens (tertiary/aromatic N) is 1. The number of anilines is 1. The second-order valence-corrected chi connectivity index (χ2v) is 3.88. The molecule has 0 fully saturated rings. The molecule has 0 aromatic heterocycles. The highest BCUT2D eigenvalue weighted by Crippen LogP contribution is 2.16. The Morgan fingerprint density at radius 3 is 2.69 bits per heavy atom. The Balaban J connectivity index is 2.90. The smallest absolute Gasteiger partial charge is 0.159 e. The molecule has 88 valence electrons. The van der Waals surface area contributed by atoms with Gasteiger partial charge in [-0.05, 0) is 25.5 Å². The summed E-state index contributed by atoms with van der Waals surface area (Å²) in [4.78, 5) is 13.5. The Morgan fingerprint density at radius 1 is 1.38 bits per heavy atom. The first-order chi connectivity index (χ1) is 7.69. The summed E-state index contributed by atoms with van der Waals surface area (Å²) in [5, 5.41) is 0. The molecular formula is C13H20N2O. The van der Waals surface area contributed by atoms with Gasteiger partial charge in [-0.2, -0.15) is 0 Å². The number of rotatable bonds is 6. The fourth-order valence-electron chi connectivity index (χ4n) is 1.72. The topological polar surface area (TPSA) is 46.3 Å². The molecule has 0 heterocycles. The Hall–Kier alpha value is -1.35. The minimum atomic E-state index is 0.103. The third kappa shape index (κ3) is 3.35. The van der Waals surface area contributed by atoms with Crippen LogP contribution in [-0.4, -0.2) is 25.4 Å². The van der Waals surface area contributed by atoms with Crippen LogP contribution in [0.4, 0.5) is 5.69 Å². The summed E-state index contributed by atoms with van der Waals surface area (Å²) in [5.41, 5.74) is 7.43. The van der Waals surface area contributed by atoms with E-state index >= 15 is 0 Å². The second-order valence-electron chi connectivity index (χ2n) is 3.88. The van der Waals surface area contributed by atoms with E-state index in [9.17, 15) is 4.79 Å². The van der Waals surface area contributed by atoms with Gasteiger partial charge in [0.05, 0.1) is 0 Å². The molecule has 0 bridgehead atoms. The molecule has 0 radical (unpaired) electrons. The van der Waals surface area contributed by atoms with E-state index in [1.807, 2.05) is 24.3 Å². The van der Waals surface area contributed by atoms with Gasteiger partial charge in [0.25, 0.3) is 0 Å². The molecule has 16 heavy (non-hydrogen) atoms. The highest BCUT2D eigenvalue weighted by molar-refractivity contribution is 5.94. The SMILES string of the molecule is CCCN(CCN)c1cccc(C(C)=O)c1. The molecule has 0 aliphatic carbocycles. The Kier molecular flexibility index (Phi) is 4.99. The first kappa shape index (κ1) is 12.7. The molecule has 3 nitrogen and oxygen atoms in total. The Labute approximate surface area is 97.2 Å². The fourth-order valence-corrected chi connectivity index (χ4v) is 1.72. The molecule has 3 heteroatoms. The van der Waals surface area contributed by atoms with Gasteiger partial charge in [-0.15, -0.1) is 0 Å². The summed E-state index contributed by atoms with van der Waals surface area (Å²) in [6.07, 6.45) is 1.07. The maximum absolute atomic E-state index is 11.3. The van der Waals surface area contributed by atoms with Crippen molar-refractivity contribution in [3.8, 4) is 0 Å². The molecular weight excluding hydrogens is 200 g/mol. The molecule has 0 unspecified atom stereocenters. The van der Waals surface area contributed by atoms with Crippen molar-refractivity contribution in [2.24, 2.45) is 5.73 Å². The first-order valence-corrected chi connectivity index (χ1v) is 5.75. The van der Waals surface area contributed by atoms with E-state index in [4.69, 9.17) is 5.73 Å². The number of Topliss-reactive ketones (excluding diaryl/α,β-unsaturated/α-hetero) is 1. The van der Waals surface area contributed by atoms with Crippen molar-refractivity contribution >= 4 is 11.5 Å². The lowest BCUT2D eigenvalue weighted by atomic mass is 10.1. The van der Waals surface area contributed by atoms with E-state index in [2.05, 4.69) is 11.8 Å². The van der Waals surface area contributed by atoms with E-state index < -0.39 is 0 Å². The molecule has 0 saturated heterocycles. The lowest BCUT2D eigenvalue weighted by Crippen LogP contribution is -2.30. The van der Waals surface area contributed by atoms with Gasteiger partial charge >= 0.3 is 0 Å². The third-order valence-electron chi connectivity index (χ3n) is 2.51. The number of hydrogen-bond donors (Lipinski definition) is 1. The van der Waals surface area contributed by atoms with Crippen molar-refractivity contribution in [2.75, 3.05) is 24.5 Å². The number of ketones is 1. The highest BCUT2D eigenvalue weighted by Gasteiger charge is 2.06. The number of carbonyl (C=O) groups excluding carboxylic acids is 1. The van der Waals surface area contributed by atoms with Crippen molar-refractivity contribution < 1.29 is 4.79 Å². The van der Waals surface area contributed by atoms with E-state index in [0.717, 1.165) is 30.8 Å². The van der Waals surface area contributed by atoms with Crippen LogP contribution in [0.3, 0.4) is 0 Å². The monoisotopic (exact) mass is 220 g/mol. The summed E-state index contributed by atoms with van der Waals surface area (Å²) in [7, 11) is 0. The van der Waals surface area contributed by atoms with Crippen molar-refractivity contribution in [2.45, 2.75) is 20.3 Å². The molecule has 0 aliphatic heterocycles. The average molecular weight is 220 g/mol. The van der Waals surface area contributed by atoms with Crippen LogP contribution in [0.15, 0.2) is 24.3 Å². The normalized spacial score (nSPS) is 10.2. The maximum Gasteiger partial charge on any atom is 0.159 e. The number of nitrogens with two attached hydrogens (primary N) is 1. The van der Waals surface area contributed by atoms with E-state index in [1.165, 1.54) is 0 Å². The zero-order chi connectivity index (χ0) is 12.0. The largest absolute Gasteiger partial charge is 0.370 e. The minimum absolute atomic E-state index is 0.103. The van der Waals surface area contributed by atoms with Gasteiger partial charge in [0.1, 0.15) is 0 Å². The van der Waals surface area contributed by atoms with Gasteiger partial charge in [-0.3, -0.25) is 4.79 Å². The fraction of sp³-hybridized carbons (Fsp3) is 0.462. The molecule has 0 spiro atoms. The Morgan fingerprint density at radius 2 is 2.12 bits per heavy atom. The van der Waals surface area contributed by atoms with Crippen LogP contribution in [0, 0.1) is 0 Å². The first-order valence-electron chi connectivity index (χ1n) is 5.75. The van der Waals surface area contributed by atoms with Gasteiger partial charge < -0.3 is 10.6 Å². The molecule has 0 saturated carbocycles. The van der Waals surface area contributed by atoms with Gasteiger partial charge in [0, 0.05) is 30.9 Å². The zero-order valence-electron chi connectivity index (χ0n) is 10.1. The van der Waals surface area contributed by atoms with Crippen molar-refractivity contribution in [3.63, 3.8) is 0 Å². The van der Waals surface area contributed by atoms with Gasteiger partial charge in [-0.1, -0.05) is 19.1 Å². The molecule has 1 aromatic carbocycles. The van der Waals surface area contributed by atoms with Crippen LogP contribution in [-0.2, 0) is 0 Å². The molecule has 1 rings (SSSR count). The summed E-state index contributed by atoms with van der Waals surface area (Å²) in [6, 6.07) is 7.73. The van der Waals surface area contributed by atoms with Crippen molar-refractivity contribution in [1.29, 1.82) is 0 Å². The number of benzene rings is 1. The lowest BCUT2D eigenvalue weighted by Gasteiger charge is -2.23. The summed E-state index contributed by atoms with van der Waals surface area (Å²) in [6.45, 7) is 6.16. The third-order valence-corrected chi connectivity index (χ3v) is 2.51. The van der Waals surface area contributed by atoms with Crippen LogP contribution in [0.1, 0.15) is 30.6 Å². The van der Waals surface area contributed by atoms with Gasteiger partial charge in [0.2, 0.25) is 0 Å². The van der Waals surface area contributed by atoms with E-state index in [-0.39, 0.29) is 5.78 Å². The average Bonchev–Trinajstić information content (AvgIpc) is 2.29. The minimum Gasteiger partial charge on any atom is -0.370 e. The highest BCUT2D eigenvalue weighted by atomic mass is 16.1. The van der Waals surface area contributed by atoms with Crippen molar-refractivity contribution in [3.05, 3.63) is 29.8 Å². The van der Waals surface area contributed by atoms with Crippen LogP contribution < -0.4 is 10.6 Å². The summed E-state index contributed by atoms with van der Waals surface area (Å²) in [5.74, 6) is 0.103. The molecule has 0 aliphatic rings. The van der Waals surface area contributed by atoms with Crippen LogP contribution in [0.2, 0.25) is 0 Å². The molecule has 0 amide bonds. The summed E-state index contributed by atoms with van der Waals surface area (Å²) < 4.78 is 0. The van der Waals surface area contributed by atoms with Crippen LogP contribution in [0.25, 0.3) is 0 Å². The van der Waals surface area contributed by atoms with Crippen molar-refractivity contribution in [1.82, 2.24) is 0 Å². The lowest BCUT2D eigenvalue weighted by molar-refractivity contribution is 0.101. The van der Waals surface area contributed by atoms with E-state index in [1.54, 1.807) is 6.92 Å². The number of hydrogen-bond acceptors (Lipinski definition) is 3. The number of carbonyl (C=O) groups is 1. The van der Waals surface area contributed by atoms with E-state index in [0.29, 0.717) is 6.54 Å². The molecule has 0 atom stereocenters. The van der Waals surface area contributed by atoms with Crippen LogP contribution >= 0.6 is 0 Å². The molecule has 1 aromatic rings. The second kappa shape index (κ2) is 6.28.